The van der Waals surface area contributed by atoms with E-state index in [1.54, 1.807) is 0 Å². The molecular formula is C10H24N2O2S. The van der Waals surface area contributed by atoms with Gasteiger partial charge in [-0.3, -0.25) is 0 Å². The van der Waals surface area contributed by atoms with Gasteiger partial charge in [0, 0.05) is 13.1 Å². The SMILES string of the molecule is CNCC(C)(C)CNS(=O)(=O)CC(C)C. The average molecular weight is 236 g/mol. The fourth-order valence-electron chi connectivity index (χ4n) is 1.34. The highest BCUT2D eigenvalue weighted by atomic mass is 32.2. The number of rotatable bonds is 7. The Morgan fingerprint density at radius 3 is 2.13 bits per heavy atom. The molecule has 0 aromatic carbocycles. The molecule has 2 N–H and O–H groups in total. The van der Waals surface area contributed by atoms with Gasteiger partial charge in [-0.15, -0.1) is 0 Å². The summed E-state index contributed by atoms with van der Waals surface area (Å²) >= 11 is 0. The second-order valence-corrected chi connectivity index (χ2v) is 7.04. The first kappa shape index (κ1) is 14.9. The van der Waals surface area contributed by atoms with Crippen molar-refractivity contribution in [3.63, 3.8) is 0 Å². The van der Waals surface area contributed by atoms with Crippen LogP contribution in [-0.2, 0) is 10.0 Å². The van der Waals surface area contributed by atoms with Crippen molar-refractivity contribution in [3.8, 4) is 0 Å². The molecule has 5 heteroatoms. The smallest absolute Gasteiger partial charge is 0.211 e. The van der Waals surface area contributed by atoms with Crippen LogP contribution >= 0.6 is 0 Å². The van der Waals surface area contributed by atoms with Gasteiger partial charge < -0.3 is 5.32 Å². The Morgan fingerprint density at radius 1 is 1.20 bits per heavy atom. The molecule has 4 nitrogen and oxygen atoms in total. The maximum Gasteiger partial charge on any atom is 0.211 e. The van der Waals surface area contributed by atoms with E-state index >= 15 is 0 Å². The molecule has 15 heavy (non-hydrogen) atoms. The standard InChI is InChI=1S/C10H24N2O2S/c1-9(2)6-15(13,14)12-8-10(3,4)7-11-5/h9,11-12H,6-8H2,1-5H3. The van der Waals surface area contributed by atoms with Gasteiger partial charge in [-0.1, -0.05) is 27.7 Å². The van der Waals surface area contributed by atoms with Crippen molar-refractivity contribution < 1.29 is 8.42 Å². The van der Waals surface area contributed by atoms with Gasteiger partial charge in [0.2, 0.25) is 10.0 Å². The predicted octanol–water partition coefficient (Wildman–Crippen LogP) is 0.807. The zero-order valence-corrected chi connectivity index (χ0v) is 11.2. The molecule has 92 valence electrons. The topological polar surface area (TPSA) is 58.2 Å². The predicted molar refractivity (Wildman–Crippen MR) is 64.3 cm³/mol. The van der Waals surface area contributed by atoms with Gasteiger partial charge in [-0.05, 0) is 18.4 Å². The van der Waals surface area contributed by atoms with Crippen molar-refractivity contribution in [2.45, 2.75) is 27.7 Å². The van der Waals surface area contributed by atoms with Crippen molar-refractivity contribution in [1.82, 2.24) is 10.0 Å². The van der Waals surface area contributed by atoms with E-state index in [0.717, 1.165) is 6.54 Å². The number of hydrogen-bond donors (Lipinski definition) is 2. The lowest BCUT2D eigenvalue weighted by molar-refractivity contribution is 0.350. The van der Waals surface area contributed by atoms with Gasteiger partial charge >= 0.3 is 0 Å². The molecule has 0 aromatic rings. The second-order valence-electron chi connectivity index (χ2n) is 5.19. The van der Waals surface area contributed by atoms with Crippen LogP contribution in [0.15, 0.2) is 0 Å². The molecule has 0 saturated heterocycles. The first-order valence-corrected chi connectivity index (χ1v) is 6.96. The lowest BCUT2D eigenvalue weighted by atomic mass is 9.94. The summed E-state index contributed by atoms with van der Waals surface area (Å²) in [7, 11) is -1.24. The van der Waals surface area contributed by atoms with Crippen LogP contribution in [0.3, 0.4) is 0 Å². The molecular weight excluding hydrogens is 212 g/mol. The van der Waals surface area contributed by atoms with Crippen LogP contribution in [0.25, 0.3) is 0 Å². The largest absolute Gasteiger partial charge is 0.319 e. The molecule has 0 heterocycles. The van der Waals surface area contributed by atoms with E-state index in [1.807, 2.05) is 34.7 Å². The van der Waals surface area contributed by atoms with Crippen LogP contribution < -0.4 is 10.0 Å². The van der Waals surface area contributed by atoms with Gasteiger partial charge in [-0.25, -0.2) is 13.1 Å². The number of hydrogen-bond acceptors (Lipinski definition) is 3. The van der Waals surface area contributed by atoms with E-state index in [2.05, 4.69) is 10.0 Å². The second kappa shape index (κ2) is 5.82. The maximum absolute atomic E-state index is 11.6. The molecule has 0 rings (SSSR count). The van der Waals surface area contributed by atoms with Crippen LogP contribution in [0.2, 0.25) is 0 Å². The molecule has 0 unspecified atom stereocenters. The van der Waals surface area contributed by atoms with Gasteiger partial charge in [0.1, 0.15) is 0 Å². The van der Waals surface area contributed by atoms with Gasteiger partial charge in [0.05, 0.1) is 5.75 Å². The Labute approximate surface area is 93.9 Å². The monoisotopic (exact) mass is 236 g/mol. The summed E-state index contributed by atoms with van der Waals surface area (Å²) in [4.78, 5) is 0. The van der Waals surface area contributed by atoms with Crippen molar-refractivity contribution in [2.75, 3.05) is 25.9 Å². The normalized spacial score (nSPS) is 13.5. The Bertz CT molecular complexity index is 271. The first-order valence-electron chi connectivity index (χ1n) is 5.30. The summed E-state index contributed by atoms with van der Waals surface area (Å²) < 4.78 is 25.8. The Morgan fingerprint density at radius 2 is 1.73 bits per heavy atom. The highest BCUT2D eigenvalue weighted by molar-refractivity contribution is 7.89. The summed E-state index contributed by atoms with van der Waals surface area (Å²) in [6.07, 6.45) is 0. The molecule has 0 fully saturated rings. The van der Waals surface area contributed by atoms with Crippen LogP contribution in [0, 0.1) is 11.3 Å². The third-order valence-corrected chi connectivity index (χ3v) is 3.67. The third kappa shape index (κ3) is 7.76. The number of nitrogens with one attached hydrogen (secondary N) is 2. The maximum atomic E-state index is 11.6. The summed E-state index contributed by atoms with van der Waals surface area (Å²) in [6, 6.07) is 0. The molecule has 0 aromatic heterocycles. The molecule has 0 radical (unpaired) electrons. The fraction of sp³-hybridized carbons (Fsp3) is 1.00. The van der Waals surface area contributed by atoms with Crippen molar-refractivity contribution >= 4 is 10.0 Å². The highest BCUT2D eigenvalue weighted by Crippen LogP contribution is 2.12. The van der Waals surface area contributed by atoms with Crippen LogP contribution in [0.5, 0.6) is 0 Å². The van der Waals surface area contributed by atoms with E-state index in [-0.39, 0.29) is 17.1 Å². The zero-order valence-electron chi connectivity index (χ0n) is 10.4. The summed E-state index contributed by atoms with van der Waals surface area (Å²) in [5, 5.41) is 3.05. The lowest BCUT2D eigenvalue weighted by Crippen LogP contribution is -2.40. The number of sulfonamides is 1. The fourth-order valence-corrected chi connectivity index (χ4v) is 2.95. The van der Waals surface area contributed by atoms with Crippen molar-refractivity contribution in [3.05, 3.63) is 0 Å². The van der Waals surface area contributed by atoms with E-state index in [9.17, 15) is 8.42 Å². The third-order valence-electron chi connectivity index (χ3n) is 1.98. The first-order chi connectivity index (χ1) is 6.68. The van der Waals surface area contributed by atoms with Gasteiger partial charge in [0.15, 0.2) is 0 Å². The molecule has 0 amide bonds. The summed E-state index contributed by atoms with van der Waals surface area (Å²) in [5.74, 6) is 0.359. The molecule has 0 aliphatic carbocycles. The van der Waals surface area contributed by atoms with Gasteiger partial charge in [0.25, 0.3) is 0 Å². The lowest BCUT2D eigenvalue weighted by Gasteiger charge is -2.24. The van der Waals surface area contributed by atoms with Crippen LogP contribution in [0.4, 0.5) is 0 Å². The molecule has 0 saturated carbocycles. The van der Waals surface area contributed by atoms with E-state index in [4.69, 9.17) is 0 Å². The Hall–Kier alpha value is -0.130. The zero-order chi connectivity index (χ0) is 12.1. The minimum Gasteiger partial charge on any atom is -0.319 e. The molecule has 0 aliphatic heterocycles. The quantitative estimate of drug-likeness (QED) is 0.687. The minimum atomic E-state index is -3.11. The van der Waals surface area contributed by atoms with Crippen LogP contribution in [0.1, 0.15) is 27.7 Å². The summed E-state index contributed by atoms with van der Waals surface area (Å²) in [5.41, 5.74) is -0.0567. The molecule has 0 bridgehead atoms. The van der Waals surface area contributed by atoms with E-state index in [1.165, 1.54) is 0 Å². The minimum absolute atomic E-state index is 0.0567. The Balaban J connectivity index is 4.14. The van der Waals surface area contributed by atoms with E-state index < -0.39 is 10.0 Å². The van der Waals surface area contributed by atoms with Gasteiger partial charge in [-0.2, -0.15) is 0 Å². The van der Waals surface area contributed by atoms with Crippen molar-refractivity contribution in [1.29, 1.82) is 0 Å². The molecule has 0 spiro atoms. The van der Waals surface area contributed by atoms with Crippen molar-refractivity contribution in [2.24, 2.45) is 11.3 Å². The van der Waals surface area contributed by atoms with Crippen LogP contribution in [-0.4, -0.2) is 34.3 Å². The summed E-state index contributed by atoms with van der Waals surface area (Å²) in [6.45, 7) is 9.12. The average Bonchev–Trinajstić information content (AvgIpc) is 1.99. The molecule has 0 aliphatic rings. The highest BCUT2D eigenvalue weighted by Gasteiger charge is 2.20. The molecule has 0 atom stereocenters. The van der Waals surface area contributed by atoms with E-state index in [0.29, 0.717) is 6.54 Å². The Kier molecular flexibility index (Phi) is 5.77.